The number of nitrogens with one attached hydrogen (secondary N) is 1. The number of hydrogen-bond acceptors (Lipinski definition) is 6. The molecule has 0 atom stereocenters. The van der Waals surface area contributed by atoms with Crippen molar-refractivity contribution in [1.82, 2.24) is 19.6 Å². The average Bonchev–Trinajstić information content (AvgIpc) is 3.17. The van der Waals surface area contributed by atoms with E-state index in [2.05, 4.69) is 15.3 Å². The second-order valence-corrected chi connectivity index (χ2v) is 9.33. The van der Waals surface area contributed by atoms with Gasteiger partial charge in [-0.1, -0.05) is 41.4 Å². The molecule has 0 aliphatic carbocycles. The van der Waals surface area contributed by atoms with Crippen LogP contribution in [0.5, 0.6) is 0 Å². The molecule has 1 N–H and O–H groups in total. The van der Waals surface area contributed by atoms with Gasteiger partial charge in [0.05, 0.1) is 22.3 Å². The van der Waals surface area contributed by atoms with E-state index >= 15 is 0 Å². The van der Waals surface area contributed by atoms with Gasteiger partial charge in [0, 0.05) is 42.2 Å². The zero-order valence-electron chi connectivity index (χ0n) is 19.1. The Balaban J connectivity index is 1.56. The van der Waals surface area contributed by atoms with Gasteiger partial charge in [0.25, 0.3) is 11.5 Å². The number of fused-ring (bicyclic) bond motifs is 1. The Morgan fingerprint density at radius 1 is 1.08 bits per heavy atom. The summed E-state index contributed by atoms with van der Waals surface area (Å²) in [5.74, 6) is -2.47. The number of benzene rings is 2. The minimum atomic E-state index is -2.65. The van der Waals surface area contributed by atoms with Crippen LogP contribution in [0.1, 0.15) is 12.0 Å². The fourth-order valence-corrected chi connectivity index (χ4v) is 4.89. The Labute approximate surface area is 215 Å². The lowest BCUT2D eigenvalue weighted by molar-refractivity contribution is 0.0115. The summed E-state index contributed by atoms with van der Waals surface area (Å²) < 4.78 is 28.2. The van der Waals surface area contributed by atoms with Gasteiger partial charge in [-0.15, -0.1) is 4.73 Å². The number of anilines is 2. The lowest BCUT2D eigenvalue weighted by Gasteiger charge is -2.17. The molecule has 2 aromatic heterocycles. The summed E-state index contributed by atoms with van der Waals surface area (Å²) in [6.07, 6.45) is -0.134. The highest BCUT2D eigenvalue weighted by molar-refractivity contribution is 6.39. The molecule has 0 saturated carbocycles. The van der Waals surface area contributed by atoms with Crippen LogP contribution in [-0.4, -0.2) is 45.7 Å². The first-order valence-electron chi connectivity index (χ1n) is 11.1. The molecule has 0 radical (unpaired) electrons. The Morgan fingerprint density at radius 2 is 1.83 bits per heavy atom. The van der Waals surface area contributed by atoms with E-state index in [-0.39, 0.29) is 24.6 Å². The molecule has 186 valence electrons. The van der Waals surface area contributed by atoms with Gasteiger partial charge in [-0.05, 0) is 35.9 Å². The summed E-state index contributed by atoms with van der Waals surface area (Å²) in [6, 6.07) is 15.4. The Morgan fingerprint density at radius 3 is 2.53 bits per heavy atom. The third-order valence-electron chi connectivity index (χ3n) is 5.93. The van der Waals surface area contributed by atoms with Gasteiger partial charge in [-0.3, -0.25) is 9.69 Å². The van der Waals surface area contributed by atoms with Crippen molar-refractivity contribution < 1.29 is 13.6 Å². The van der Waals surface area contributed by atoms with Gasteiger partial charge in [0.15, 0.2) is 5.65 Å². The third-order valence-corrected chi connectivity index (χ3v) is 6.56. The fourth-order valence-electron chi connectivity index (χ4n) is 4.32. The molecule has 3 heterocycles. The first kappa shape index (κ1) is 24.4. The number of hydrogen-bond donors (Lipinski definition) is 1. The number of alkyl halides is 2. The van der Waals surface area contributed by atoms with E-state index in [1.54, 1.807) is 29.2 Å². The molecule has 1 aliphatic heterocycles. The lowest BCUT2D eigenvalue weighted by atomic mass is 10.1. The van der Waals surface area contributed by atoms with Gasteiger partial charge in [-0.25, -0.2) is 13.8 Å². The highest BCUT2D eigenvalue weighted by Crippen LogP contribution is 2.37. The monoisotopic (exact) mass is 531 g/mol. The lowest BCUT2D eigenvalue weighted by Crippen LogP contribution is -2.25. The van der Waals surface area contributed by atoms with Gasteiger partial charge in [0.2, 0.25) is 5.95 Å². The SMILES string of the molecule is COn1c(=O)ccc2c(-c3c(Cl)cccc3Cl)nc(Nc3cccc(CN4CCC(F)(F)C4)c3)nc21. The van der Waals surface area contributed by atoms with Gasteiger partial charge < -0.3 is 10.2 Å². The Kier molecular flexibility index (Phi) is 6.55. The topological polar surface area (TPSA) is 72.3 Å². The summed E-state index contributed by atoms with van der Waals surface area (Å²) in [7, 11) is 1.36. The standard InChI is InChI=1S/C25H21Cl2F2N5O2/c1-36-34-20(35)9-8-17-22(21-18(26)6-3-7-19(21)27)31-24(32-23(17)34)30-16-5-2-4-15(12-16)13-33-11-10-25(28,29)14-33/h2-9,12H,10-11,13-14H2,1H3,(H,30,31,32). The van der Waals surface area contributed by atoms with Crippen LogP contribution in [0.15, 0.2) is 59.4 Å². The fraction of sp³-hybridized carbons (Fsp3) is 0.240. The second-order valence-electron chi connectivity index (χ2n) is 8.52. The molecule has 4 aromatic rings. The van der Waals surface area contributed by atoms with E-state index in [1.807, 2.05) is 24.3 Å². The molecule has 1 aliphatic rings. The predicted octanol–water partition coefficient (Wildman–Crippen LogP) is 5.41. The molecule has 0 unspecified atom stereocenters. The van der Waals surface area contributed by atoms with Crippen LogP contribution in [0.3, 0.4) is 0 Å². The van der Waals surface area contributed by atoms with Gasteiger partial charge in [-0.2, -0.15) is 4.98 Å². The van der Waals surface area contributed by atoms with Crippen LogP contribution in [0.4, 0.5) is 20.4 Å². The van der Waals surface area contributed by atoms with Crippen molar-refractivity contribution in [3.8, 4) is 11.3 Å². The largest absolute Gasteiger partial charge is 0.412 e. The summed E-state index contributed by atoms with van der Waals surface area (Å²) >= 11 is 13.0. The molecular weight excluding hydrogens is 511 g/mol. The summed E-state index contributed by atoms with van der Waals surface area (Å²) in [5, 5.41) is 4.43. The summed E-state index contributed by atoms with van der Waals surface area (Å²) in [5.41, 5.74) is 2.23. The third kappa shape index (κ3) is 4.86. The molecule has 2 aromatic carbocycles. The number of rotatable bonds is 6. The zero-order chi connectivity index (χ0) is 25.4. The summed E-state index contributed by atoms with van der Waals surface area (Å²) in [6.45, 7) is 0.483. The minimum absolute atomic E-state index is 0.134. The van der Waals surface area contributed by atoms with Crippen LogP contribution in [0, 0.1) is 0 Å². The molecule has 1 fully saturated rings. The van der Waals surface area contributed by atoms with Crippen LogP contribution in [-0.2, 0) is 6.54 Å². The molecule has 0 amide bonds. The van der Waals surface area contributed by atoms with Crippen molar-refractivity contribution in [3.63, 3.8) is 0 Å². The van der Waals surface area contributed by atoms with E-state index in [1.165, 1.54) is 13.2 Å². The normalized spacial score (nSPS) is 15.4. The maximum Gasteiger partial charge on any atom is 0.285 e. The maximum absolute atomic E-state index is 13.6. The zero-order valence-corrected chi connectivity index (χ0v) is 20.7. The number of halogens is 4. The first-order chi connectivity index (χ1) is 17.2. The number of pyridine rings is 1. The van der Waals surface area contributed by atoms with Gasteiger partial charge >= 0.3 is 0 Å². The molecular formula is C25H21Cl2F2N5O2. The van der Waals surface area contributed by atoms with Crippen LogP contribution in [0.25, 0.3) is 22.3 Å². The van der Waals surface area contributed by atoms with Crippen molar-refractivity contribution in [2.45, 2.75) is 18.9 Å². The predicted molar refractivity (Wildman–Crippen MR) is 136 cm³/mol. The number of aromatic nitrogens is 3. The van der Waals surface area contributed by atoms with Crippen molar-refractivity contribution in [1.29, 1.82) is 0 Å². The number of nitrogens with zero attached hydrogens (tertiary/aromatic N) is 4. The maximum atomic E-state index is 13.6. The molecule has 0 spiro atoms. The van der Waals surface area contributed by atoms with Crippen molar-refractivity contribution in [3.05, 3.63) is 80.6 Å². The first-order valence-corrected chi connectivity index (χ1v) is 11.9. The molecule has 7 nitrogen and oxygen atoms in total. The van der Waals surface area contributed by atoms with E-state index in [0.29, 0.717) is 45.5 Å². The number of likely N-dealkylation sites (tertiary alicyclic amines) is 1. The quantitative estimate of drug-likeness (QED) is 0.358. The summed E-state index contributed by atoms with van der Waals surface area (Å²) in [4.78, 5) is 28.6. The minimum Gasteiger partial charge on any atom is -0.412 e. The van der Waals surface area contributed by atoms with Crippen LogP contribution in [0.2, 0.25) is 10.0 Å². The molecule has 0 bridgehead atoms. The van der Waals surface area contributed by atoms with Crippen molar-refractivity contribution in [2.75, 3.05) is 25.5 Å². The Bertz CT molecular complexity index is 1490. The average molecular weight is 532 g/mol. The van der Waals surface area contributed by atoms with Crippen LogP contribution < -0.4 is 15.7 Å². The highest BCUT2D eigenvalue weighted by Gasteiger charge is 2.37. The van der Waals surface area contributed by atoms with Crippen molar-refractivity contribution >= 4 is 45.9 Å². The van der Waals surface area contributed by atoms with E-state index in [4.69, 9.17) is 28.0 Å². The van der Waals surface area contributed by atoms with Crippen molar-refractivity contribution in [2.24, 2.45) is 0 Å². The van der Waals surface area contributed by atoms with Crippen LogP contribution >= 0.6 is 23.2 Å². The molecule has 5 rings (SSSR count). The van der Waals surface area contributed by atoms with Gasteiger partial charge in [0.1, 0.15) is 7.11 Å². The second kappa shape index (κ2) is 9.65. The highest BCUT2D eigenvalue weighted by atomic mass is 35.5. The van der Waals surface area contributed by atoms with E-state index in [9.17, 15) is 13.6 Å². The van der Waals surface area contributed by atoms with E-state index in [0.717, 1.165) is 10.3 Å². The molecule has 11 heteroatoms. The molecule has 1 saturated heterocycles. The molecule has 36 heavy (non-hydrogen) atoms. The van der Waals surface area contributed by atoms with E-state index < -0.39 is 11.5 Å². The smallest absolute Gasteiger partial charge is 0.285 e. The Hall–Kier alpha value is -3.27.